The summed E-state index contributed by atoms with van der Waals surface area (Å²) in [6, 6.07) is 0. The number of carboxylic acids is 1. The third-order valence-electron chi connectivity index (χ3n) is 1.49. The molecule has 5 nitrogen and oxygen atoms in total. The highest BCUT2D eigenvalue weighted by molar-refractivity contribution is 5.85. The van der Waals surface area contributed by atoms with Crippen molar-refractivity contribution in [2.75, 3.05) is 7.11 Å². The summed E-state index contributed by atoms with van der Waals surface area (Å²) in [5, 5.41) is 8.42. The number of ketones is 1. The van der Waals surface area contributed by atoms with Crippen LogP contribution < -0.4 is 0 Å². The van der Waals surface area contributed by atoms with Crippen molar-refractivity contribution >= 4 is 17.7 Å². The molecule has 74 valence electrons. The lowest BCUT2D eigenvalue weighted by atomic mass is 10.00. The van der Waals surface area contributed by atoms with E-state index in [1.807, 2.05) is 0 Å². The third-order valence-corrected chi connectivity index (χ3v) is 1.49. The number of esters is 1. The predicted molar refractivity (Wildman–Crippen MR) is 43.1 cm³/mol. The van der Waals surface area contributed by atoms with Crippen LogP contribution in [0.3, 0.4) is 0 Å². The zero-order valence-corrected chi connectivity index (χ0v) is 7.57. The fourth-order valence-electron chi connectivity index (χ4n) is 0.963. The van der Waals surface area contributed by atoms with E-state index in [9.17, 15) is 14.4 Å². The van der Waals surface area contributed by atoms with Gasteiger partial charge in [0.1, 0.15) is 5.78 Å². The van der Waals surface area contributed by atoms with Crippen LogP contribution in [-0.4, -0.2) is 29.9 Å². The lowest BCUT2D eigenvalue weighted by molar-refractivity contribution is -0.151. The molecule has 0 aliphatic carbocycles. The molecule has 0 rings (SSSR count). The van der Waals surface area contributed by atoms with Crippen LogP contribution in [0.25, 0.3) is 0 Å². The highest BCUT2D eigenvalue weighted by atomic mass is 16.5. The zero-order valence-electron chi connectivity index (χ0n) is 7.57. The standard InChI is InChI=1S/C8H12O5/c1-5(9)3-6(4-7(10)11)8(12)13-2/h6H,3-4H2,1-2H3,(H,10,11). The molecule has 0 heterocycles. The van der Waals surface area contributed by atoms with Crippen LogP contribution in [0.1, 0.15) is 19.8 Å². The molecular weight excluding hydrogens is 176 g/mol. The second-order valence-electron chi connectivity index (χ2n) is 2.72. The van der Waals surface area contributed by atoms with E-state index in [0.29, 0.717) is 0 Å². The second kappa shape index (κ2) is 5.29. The number of aliphatic carboxylic acids is 1. The van der Waals surface area contributed by atoms with Crippen molar-refractivity contribution < 1.29 is 24.2 Å². The van der Waals surface area contributed by atoms with Gasteiger partial charge in [-0.25, -0.2) is 0 Å². The van der Waals surface area contributed by atoms with Crippen LogP contribution in [0.5, 0.6) is 0 Å². The first-order valence-corrected chi connectivity index (χ1v) is 3.76. The number of Topliss-reactive ketones (excluding diaryl/α,β-unsaturated/α-hetero) is 1. The smallest absolute Gasteiger partial charge is 0.309 e. The lowest BCUT2D eigenvalue weighted by Gasteiger charge is -2.09. The molecule has 0 radical (unpaired) electrons. The van der Waals surface area contributed by atoms with Gasteiger partial charge in [0.25, 0.3) is 0 Å². The van der Waals surface area contributed by atoms with E-state index in [4.69, 9.17) is 5.11 Å². The molecule has 1 unspecified atom stereocenters. The molecule has 0 saturated carbocycles. The summed E-state index contributed by atoms with van der Waals surface area (Å²) < 4.78 is 4.36. The average molecular weight is 188 g/mol. The molecule has 0 aromatic carbocycles. The van der Waals surface area contributed by atoms with Crippen LogP contribution in [0.4, 0.5) is 0 Å². The van der Waals surface area contributed by atoms with E-state index in [-0.39, 0.29) is 18.6 Å². The molecule has 0 aliphatic rings. The quantitative estimate of drug-likeness (QED) is 0.624. The van der Waals surface area contributed by atoms with Crippen molar-refractivity contribution in [3.8, 4) is 0 Å². The third kappa shape index (κ3) is 4.95. The van der Waals surface area contributed by atoms with Crippen molar-refractivity contribution in [1.29, 1.82) is 0 Å². The topological polar surface area (TPSA) is 80.7 Å². The number of carboxylic acid groups (broad SMARTS) is 1. The minimum absolute atomic E-state index is 0.0844. The molecule has 0 fully saturated rings. The normalized spacial score (nSPS) is 11.8. The second-order valence-corrected chi connectivity index (χ2v) is 2.72. The molecule has 0 aromatic rings. The lowest BCUT2D eigenvalue weighted by Crippen LogP contribution is -2.21. The minimum atomic E-state index is -1.11. The summed E-state index contributed by atoms with van der Waals surface area (Å²) in [6.45, 7) is 1.30. The molecule has 5 heteroatoms. The van der Waals surface area contributed by atoms with E-state index < -0.39 is 17.9 Å². The zero-order chi connectivity index (χ0) is 10.4. The number of carbonyl (C=O) groups excluding carboxylic acids is 2. The number of methoxy groups -OCH3 is 1. The highest BCUT2D eigenvalue weighted by Gasteiger charge is 2.23. The molecule has 13 heavy (non-hydrogen) atoms. The Morgan fingerprint density at radius 3 is 2.15 bits per heavy atom. The van der Waals surface area contributed by atoms with Gasteiger partial charge < -0.3 is 14.6 Å². The van der Waals surface area contributed by atoms with Gasteiger partial charge in [0.15, 0.2) is 0 Å². The summed E-state index contributed by atoms with van der Waals surface area (Å²) in [6.07, 6.45) is -0.453. The summed E-state index contributed by atoms with van der Waals surface area (Å²) >= 11 is 0. The monoisotopic (exact) mass is 188 g/mol. The Balaban J connectivity index is 4.26. The Labute approximate surface area is 75.7 Å². The molecule has 0 aliphatic heterocycles. The molecule has 0 saturated heterocycles. The van der Waals surface area contributed by atoms with Gasteiger partial charge >= 0.3 is 11.9 Å². The van der Waals surface area contributed by atoms with Gasteiger partial charge in [0, 0.05) is 6.42 Å². The summed E-state index contributed by atoms with van der Waals surface area (Å²) in [4.78, 5) is 31.9. The Morgan fingerprint density at radius 1 is 1.31 bits per heavy atom. The number of carbonyl (C=O) groups is 3. The van der Waals surface area contributed by atoms with E-state index in [1.54, 1.807) is 0 Å². The van der Waals surface area contributed by atoms with Crippen LogP contribution in [0.15, 0.2) is 0 Å². The van der Waals surface area contributed by atoms with Crippen molar-refractivity contribution in [1.82, 2.24) is 0 Å². The maximum Gasteiger partial charge on any atom is 0.309 e. The first-order chi connectivity index (χ1) is 5.97. The Hall–Kier alpha value is -1.39. The molecule has 1 atom stereocenters. The number of hydrogen-bond acceptors (Lipinski definition) is 4. The molecule has 0 bridgehead atoms. The maximum atomic E-state index is 10.9. The largest absolute Gasteiger partial charge is 0.481 e. The van der Waals surface area contributed by atoms with E-state index >= 15 is 0 Å². The van der Waals surface area contributed by atoms with Crippen LogP contribution >= 0.6 is 0 Å². The summed E-state index contributed by atoms with van der Waals surface area (Å²) in [5.74, 6) is -2.86. The number of rotatable bonds is 5. The number of ether oxygens (including phenoxy) is 1. The van der Waals surface area contributed by atoms with Gasteiger partial charge in [-0.15, -0.1) is 0 Å². The van der Waals surface area contributed by atoms with Gasteiger partial charge in [0.2, 0.25) is 0 Å². The minimum Gasteiger partial charge on any atom is -0.481 e. The van der Waals surface area contributed by atoms with E-state index in [2.05, 4.69) is 4.74 Å². The molecule has 0 amide bonds. The molecular formula is C8H12O5. The van der Waals surface area contributed by atoms with Crippen molar-refractivity contribution in [2.45, 2.75) is 19.8 Å². The Kier molecular flexibility index (Phi) is 4.72. The fourth-order valence-corrected chi connectivity index (χ4v) is 0.963. The highest BCUT2D eigenvalue weighted by Crippen LogP contribution is 2.11. The average Bonchev–Trinajstić information content (AvgIpc) is 2.00. The SMILES string of the molecule is COC(=O)C(CC(C)=O)CC(=O)O. The van der Waals surface area contributed by atoms with Crippen LogP contribution in [-0.2, 0) is 19.1 Å². The van der Waals surface area contributed by atoms with Crippen molar-refractivity contribution in [3.63, 3.8) is 0 Å². The Bertz CT molecular complexity index is 205. The first-order valence-electron chi connectivity index (χ1n) is 3.76. The van der Waals surface area contributed by atoms with Gasteiger partial charge in [-0.3, -0.25) is 9.59 Å². The van der Waals surface area contributed by atoms with Crippen LogP contribution in [0.2, 0.25) is 0 Å². The van der Waals surface area contributed by atoms with E-state index in [1.165, 1.54) is 6.92 Å². The van der Waals surface area contributed by atoms with Gasteiger partial charge in [0.05, 0.1) is 19.4 Å². The first kappa shape index (κ1) is 11.6. The maximum absolute atomic E-state index is 10.9. The number of hydrogen-bond donors (Lipinski definition) is 1. The molecule has 1 N–H and O–H groups in total. The fraction of sp³-hybridized carbons (Fsp3) is 0.625. The molecule has 0 spiro atoms. The Morgan fingerprint density at radius 2 is 1.85 bits per heavy atom. The summed E-state index contributed by atoms with van der Waals surface area (Å²) in [7, 11) is 1.16. The van der Waals surface area contributed by atoms with Gasteiger partial charge in [-0.2, -0.15) is 0 Å². The predicted octanol–water partition coefficient (Wildman–Crippen LogP) is 0.229. The van der Waals surface area contributed by atoms with E-state index in [0.717, 1.165) is 7.11 Å². The summed E-state index contributed by atoms with van der Waals surface area (Å²) in [5.41, 5.74) is 0. The van der Waals surface area contributed by atoms with Crippen LogP contribution in [0, 0.1) is 5.92 Å². The van der Waals surface area contributed by atoms with Gasteiger partial charge in [-0.1, -0.05) is 0 Å². The molecule has 0 aromatic heterocycles. The van der Waals surface area contributed by atoms with Crippen molar-refractivity contribution in [2.24, 2.45) is 5.92 Å². The van der Waals surface area contributed by atoms with Gasteiger partial charge in [-0.05, 0) is 6.92 Å². The van der Waals surface area contributed by atoms with Crippen molar-refractivity contribution in [3.05, 3.63) is 0 Å².